The Hall–Kier alpha value is -1.38. The molecule has 3 rings (SSSR count). The lowest BCUT2D eigenvalue weighted by Crippen LogP contribution is -2.30. The summed E-state index contributed by atoms with van der Waals surface area (Å²) < 4.78 is 0. The molecule has 1 fully saturated rings. The van der Waals surface area contributed by atoms with Gasteiger partial charge in [0.2, 0.25) is 0 Å². The summed E-state index contributed by atoms with van der Waals surface area (Å²) in [7, 11) is 0. The highest BCUT2D eigenvalue weighted by Crippen LogP contribution is 2.29. The molecule has 0 radical (unpaired) electrons. The smallest absolute Gasteiger partial charge is 0.0444 e. The summed E-state index contributed by atoms with van der Waals surface area (Å²) >= 11 is 0. The second kappa shape index (κ2) is 6.38. The number of nitrogens with two attached hydrogens (primary N) is 1. The van der Waals surface area contributed by atoms with Crippen LogP contribution in [-0.4, -0.2) is 13.1 Å². The summed E-state index contributed by atoms with van der Waals surface area (Å²) in [5.74, 6) is 0.956. The maximum atomic E-state index is 5.95. The maximum Gasteiger partial charge on any atom is 0.0444 e. The van der Waals surface area contributed by atoms with Crippen molar-refractivity contribution < 1.29 is 0 Å². The Morgan fingerprint density at radius 1 is 1.10 bits per heavy atom. The molecule has 2 heteroatoms. The molecular formula is C18H24N2. The van der Waals surface area contributed by atoms with Crippen LogP contribution in [0.2, 0.25) is 0 Å². The SMILES string of the molecule is NCC(NCCC1CCC1)c1ccc2ccccc2c1. The van der Waals surface area contributed by atoms with Gasteiger partial charge in [-0.15, -0.1) is 0 Å². The van der Waals surface area contributed by atoms with Crippen molar-refractivity contribution in [2.75, 3.05) is 13.1 Å². The lowest BCUT2D eigenvalue weighted by atomic mass is 9.83. The summed E-state index contributed by atoms with van der Waals surface area (Å²) in [5, 5.41) is 6.21. The van der Waals surface area contributed by atoms with Gasteiger partial charge in [0.05, 0.1) is 0 Å². The average molecular weight is 268 g/mol. The number of fused-ring (bicyclic) bond motifs is 1. The van der Waals surface area contributed by atoms with Gasteiger partial charge in [-0.2, -0.15) is 0 Å². The standard InChI is InChI=1S/C18H24N2/c19-13-18(20-11-10-14-4-3-5-14)17-9-8-15-6-1-2-7-16(15)12-17/h1-2,6-9,12,14,18,20H,3-5,10-11,13,19H2. The summed E-state index contributed by atoms with van der Waals surface area (Å²) in [6.07, 6.45) is 5.57. The van der Waals surface area contributed by atoms with E-state index in [9.17, 15) is 0 Å². The number of rotatable bonds is 6. The van der Waals surface area contributed by atoms with Gasteiger partial charge in [-0.05, 0) is 41.3 Å². The van der Waals surface area contributed by atoms with E-state index in [1.165, 1.54) is 42.0 Å². The van der Waals surface area contributed by atoms with Crippen molar-refractivity contribution in [3.63, 3.8) is 0 Å². The summed E-state index contributed by atoms with van der Waals surface area (Å²) in [5.41, 5.74) is 7.26. The van der Waals surface area contributed by atoms with Crippen LogP contribution in [0.4, 0.5) is 0 Å². The third-order valence-electron chi connectivity index (χ3n) is 4.58. The van der Waals surface area contributed by atoms with Crippen molar-refractivity contribution in [2.24, 2.45) is 11.7 Å². The van der Waals surface area contributed by atoms with Crippen LogP contribution in [0.25, 0.3) is 10.8 Å². The molecule has 2 nitrogen and oxygen atoms in total. The Bertz CT molecular complexity index is 560. The van der Waals surface area contributed by atoms with Crippen molar-refractivity contribution >= 4 is 10.8 Å². The number of nitrogens with one attached hydrogen (secondary N) is 1. The molecule has 1 unspecified atom stereocenters. The molecule has 0 bridgehead atoms. The topological polar surface area (TPSA) is 38.0 Å². The first kappa shape index (κ1) is 13.6. The first-order chi connectivity index (χ1) is 9.86. The summed E-state index contributed by atoms with van der Waals surface area (Å²) in [6, 6.07) is 15.4. The maximum absolute atomic E-state index is 5.95. The molecule has 0 amide bonds. The predicted octanol–water partition coefficient (Wildman–Crippen LogP) is 3.62. The third-order valence-corrected chi connectivity index (χ3v) is 4.58. The van der Waals surface area contributed by atoms with E-state index in [1.807, 2.05) is 0 Å². The molecular weight excluding hydrogens is 244 g/mol. The molecule has 1 atom stereocenters. The Morgan fingerprint density at radius 3 is 2.60 bits per heavy atom. The van der Waals surface area contributed by atoms with E-state index >= 15 is 0 Å². The Kier molecular flexibility index (Phi) is 4.34. The van der Waals surface area contributed by atoms with Gasteiger partial charge in [-0.25, -0.2) is 0 Å². The Balaban J connectivity index is 1.66. The van der Waals surface area contributed by atoms with Crippen molar-refractivity contribution in [3.8, 4) is 0 Å². The highest BCUT2D eigenvalue weighted by atomic mass is 14.9. The van der Waals surface area contributed by atoms with Crippen molar-refractivity contribution in [1.29, 1.82) is 0 Å². The van der Waals surface area contributed by atoms with Gasteiger partial charge in [-0.3, -0.25) is 0 Å². The minimum Gasteiger partial charge on any atom is -0.329 e. The lowest BCUT2D eigenvalue weighted by Gasteiger charge is -2.26. The van der Waals surface area contributed by atoms with Crippen LogP contribution >= 0.6 is 0 Å². The van der Waals surface area contributed by atoms with Crippen LogP contribution in [0.1, 0.15) is 37.3 Å². The van der Waals surface area contributed by atoms with Crippen LogP contribution in [0.15, 0.2) is 42.5 Å². The molecule has 106 valence electrons. The number of hydrogen-bond acceptors (Lipinski definition) is 2. The molecule has 1 aliphatic carbocycles. The van der Waals surface area contributed by atoms with Crippen LogP contribution < -0.4 is 11.1 Å². The zero-order valence-corrected chi connectivity index (χ0v) is 12.0. The van der Waals surface area contributed by atoms with E-state index in [4.69, 9.17) is 5.73 Å². The quantitative estimate of drug-likeness (QED) is 0.839. The van der Waals surface area contributed by atoms with Crippen molar-refractivity contribution in [3.05, 3.63) is 48.0 Å². The van der Waals surface area contributed by atoms with Gasteiger partial charge in [0.15, 0.2) is 0 Å². The molecule has 0 heterocycles. The zero-order chi connectivity index (χ0) is 13.8. The van der Waals surface area contributed by atoms with Gasteiger partial charge in [0.25, 0.3) is 0 Å². The lowest BCUT2D eigenvalue weighted by molar-refractivity contribution is 0.288. The van der Waals surface area contributed by atoms with Crippen LogP contribution in [0.5, 0.6) is 0 Å². The highest BCUT2D eigenvalue weighted by Gasteiger charge is 2.17. The molecule has 0 aromatic heterocycles. The minimum atomic E-state index is 0.277. The number of benzene rings is 2. The monoisotopic (exact) mass is 268 g/mol. The van der Waals surface area contributed by atoms with E-state index in [0.29, 0.717) is 6.54 Å². The predicted molar refractivity (Wildman–Crippen MR) is 85.7 cm³/mol. The Labute approximate surface area is 121 Å². The van der Waals surface area contributed by atoms with Gasteiger partial charge >= 0.3 is 0 Å². The van der Waals surface area contributed by atoms with Gasteiger partial charge in [-0.1, -0.05) is 55.7 Å². The highest BCUT2D eigenvalue weighted by molar-refractivity contribution is 5.83. The zero-order valence-electron chi connectivity index (χ0n) is 12.0. The molecule has 0 spiro atoms. The average Bonchev–Trinajstić information content (AvgIpc) is 2.45. The summed E-state index contributed by atoms with van der Waals surface area (Å²) in [4.78, 5) is 0. The molecule has 2 aromatic carbocycles. The van der Waals surface area contributed by atoms with Crippen LogP contribution in [0.3, 0.4) is 0 Å². The second-order valence-electron chi connectivity index (χ2n) is 5.93. The fraction of sp³-hybridized carbons (Fsp3) is 0.444. The van der Waals surface area contributed by atoms with Crippen LogP contribution in [0, 0.1) is 5.92 Å². The van der Waals surface area contributed by atoms with Gasteiger partial charge < -0.3 is 11.1 Å². The molecule has 3 N–H and O–H groups in total. The molecule has 2 aromatic rings. The van der Waals surface area contributed by atoms with E-state index in [-0.39, 0.29) is 6.04 Å². The van der Waals surface area contributed by atoms with Crippen molar-refractivity contribution in [2.45, 2.75) is 31.7 Å². The normalized spacial score (nSPS) is 17.1. The molecule has 0 aliphatic heterocycles. The van der Waals surface area contributed by atoms with E-state index in [2.05, 4.69) is 47.8 Å². The minimum absolute atomic E-state index is 0.277. The largest absolute Gasteiger partial charge is 0.329 e. The van der Waals surface area contributed by atoms with Gasteiger partial charge in [0.1, 0.15) is 0 Å². The molecule has 20 heavy (non-hydrogen) atoms. The molecule has 1 saturated carbocycles. The molecule has 1 aliphatic rings. The van der Waals surface area contributed by atoms with Gasteiger partial charge in [0, 0.05) is 12.6 Å². The van der Waals surface area contributed by atoms with E-state index < -0.39 is 0 Å². The van der Waals surface area contributed by atoms with Crippen molar-refractivity contribution in [1.82, 2.24) is 5.32 Å². The summed E-state index contributed by atoms with van der Waals surface area (Å²) in [6.45, 7) is 1.74. The Morgan fingerprint density at radius 2 is 1.90 bits per heavy atom. The first-order valence-electron chi connectivity index (χ1n) is 7.79. The fourth-order valence-corrected chi connectivity index (χ4v) is 3.00. The second-order valence-corrected chi connectivity index (χ2v) is 5.93. The van der Waals surface area contributed by atoms with E-state index in [0.717, 1.165) is 12.5 Å². The fourth-order valence-electron chi connectivity index (χ4n) is 3.00. The molecule has 0 saturated heterocycles. The number of hydrogen-bond donors (Lipinski definition) is 2. The van der Waals surface area contributed by atoms with Crippen LogP contribution in [-0.2, 0) is 0 Å². The van der Waals surface area contributed by atoms with E-state index in [1.54, 1.807) is 0 Å². The third kappa shape index (κ3) is 3.02. The first-order valence-corrected chi connectivity index (χ1v) is 7.79.